The van der Waals surface area contributed by atoms with E-state index in [0.717, 1.165) is 11.8 Å². The highest BCUT2D eigenvalue weighted by molar-refractivity contribution is 5.89. The molecule has 1 N–H and O–H groups in total. The van der Waals surface area contributed by atoms with Gasteiger partial charge in [-0.3, -0.25) is 9.63 Å². The molecule has 9 heteroatoms. The first-order chi connectivity index (χ1) is 13.9. The first-order valence-corrected chi connectivity index (χ1v) is 9.14. The summed E-state index contributed by atoms with van der Waals surface area (Å²) in [5.74, 6) is -1.53. The van der Waals surface area contributed by atoms with Crippen molar-refractivity contribution in [1.82, 2.24) is 5.48 Å². The minimum absolute atomic E-state index is 0.0820. The van der Waals surface area contributed by atoms with Crippen LogP contribution in [0.15, 0.2) is 37.9 Å². The molecule has 0 aliphatic rings. The number of hydrogen-bond donors (Lipinski definition) is 1. The molecule has 0 aliphatic heterocycles. The third kappa shape index (κ3) is 7.04. The average Bonchev–Trinajstić information content (AvgIpc) is 3.02. The Kier molecular flexibility index (Phi) is 8.35. The SMILES string of the molecule is CCOC(=O)c1ccc(CC(C=O)CCC(=O)NOCc2oc(=O)oc2C)cc1. The number of aryl methyl sites for hydroxylation is 1. The van der Waals surface area contributed by atoms with E-state index in [0.29, 0.717) is 25.0 Å². The molecule has 9 nitrogen and oxygen atoms in total. The maximum Gasteiger partial charge on any atom is 0.519 e. The Balaban J connectivity index is 1.75. The van der Waals surface area contributed by atoms with E-state index in [4.69, 9.17) is 14.0 Å². The molecule has 1 aromatic heterocycles. The number of rotatable bonds is 11. The minimum atomic E-state index is -0.837. The highest BCUT2D eigenvalue weighted by Gasteiger charge is 2.14. The predicted molar refractivity (Wildman–Crippen MR) is 99.8 cm³/mol. The van der Waals surface area contributed by atoms with Gasteiger partial charge in [0.1, 0.15) is 18.7 Å². The fraction of sp³-hybridized carbons (Fsp3) is 0.400. The van der Waals surface area contributed by atoms with Crippen molar-refractivity contribution in [3.63, 3.8) is 0 Å². The van der Waals surface area contributed by atoms with Crippen LogP contribution in [0.2, 0.25) is 0 Å². The summed E-state index contributed by atoms with van der Waals surface area (Å²) in [5, 5.41) is 0. The molecule has 0 saturated heterocycles. The lowest BCUT2D eigenvalue weighted by atomic mass is 9.95. The summed E-state index contributed by atoms with van der Waals surface area (Å²) in [4.78, 5) is 50.7. The number of esters is 1. The standard InChI is InChI=1S/C20H23NO8/c1-3-26-19(24)16-7-4-14(5-8-16)10-15(11-22)6-9-18(23)21-27-12-17-13(2)28-20(25)29-17/h4-5,7-8,11,15H,3,6,9-10,12H2,1-2H3,(H,21,23). The van der Waals surface area contributed by atoms with Crippen molar-refractivity contribution >= 4 is 18.2 Å². The van der Waals surface area contributed by atoms with Crippen molar-refractivity contribution < 1.29 is 32.8 Å². The maximum atomic E-state index is 11.9. The van der Waals surface area contributed by atoms with Crippen LogP contribution in [0.25, 0.3) is 0 Å². The van der Waals surface area contributed by atoms with Crippen LogP contribution in [0.1, 0.15) is 47.2 Å². The van der Waals surface area contributed by atoms with Crippen LogP contribution in [0, 0.1) is 12.8 Å². The molecule has 1 heterocycles. The molecular weight excluding hydrogens is 382 g/mol. The summed E-state index contributed by atoms with van der Waals surface area (Å²) >= 11 is 0. The van der Waals surface area contributed by atoms with E-state index < -0.39 is 17.7 Å². The molecule has 0 fully saturated rings. The number of carbonyl (C=O) groups is 3. The second-order valence-corrected chi connectivity index (χ2v) is 6.30. The van der Waals surface area contributed by atoms with Gasteiger partial charge >= 0.3 is 11.8 Å². The third-order valence-electron chi connectivity index (χ3n) is 4.12. The molecule has 2 aromatic rings. The third-order valence-corrected chi connectivity index (χ3v) is 4.12. The van der Waals surface area contributed by atoms with E-state index in [1.807, 2.05) is 0 Å². The Morgan fingerprint density at radius 1 is 1.21 bits per heavy atom. The zero-order chi connectivity index (χ0) is 21.2. The van der Waals surface area contributed by atoms with Gasteiger partial charge in [0.2, 0.25) is 5.91 Å². The Bertz CT molecular complexity index is 881. The van der Waals surface area contributed by atoms with Gasteiger partial charge in [0.15, 0.2) is 5.76 Å². The van der Waals surface area contributed by atoms with Crippen molar-refractivity contribution in [3.8, 4) is 0 Å². The Morgan fingerprint density at radius 3 is 2.52 bits per heavy atom. The van der Waals surface area contributed by atoms with Gasteiger partial charge < -0.3 is 18.4 Å². The molecule has 0 saturated carbocycles. The van der Waals surface area contributed by atoms with Gasteiger partial charge in [-0.1, -0.05) is 12.1 Å². The lowest BCUT2D eigenvalue weighted by Crippen LogP contribution is -2.24. The maximum absolute atomic E-state index is 11.9. The first kappa shape index (κ1) is 22.1. The highest BCUT2D eigenvalue weighted by atomic mass is 16.7. The summed E-state index contributed by atoms with van der Waals surface area (Å²) in [6.45, 7) is 3.43. The van der Waals surface area contributed by atoms with Gasteiger partial charge in [0.25, 0.3) is 0 Å². The van der Waals surface area contributed by atoms with Gasteiger partial charge in [-0.15, -0.1) is 0 Å². The van der Waals surface area contributed by atoms with Crippen LogP contribution >= 0.6 is 0 Å². The van der Waals surface area contributed by atoms with Crippen LogP contribution in [-0.2, 0) is 32.2 Å². The minimum Gasteiger partial charge on any atom is -0.462 e. The second kappa shape index (κ2) is 11.0. The van der Waals surface area contributed by atoms with Gasteiger partial charge in [-0.2, -0.15) is 0 Å². The topological polar surface area (TPSA) is 125 Å². The van der Waals surface area contributed by atoms with Crippen LogP contribution in [-0.4, -0.2) is 24.8 Å². The molecule has 0 aliphatic carbocycles. The van der Waals surface area contributed by atoms with E-state index in [-0.39, 0.29) is 30.5 Å². The molecule has 2 rings (SSSR count). The fourth-order valence-electron chi connectivity index (χ4n) is 2.57. The second-order valence-electron chi connectivity index (χ2n) is 6.30. The lowest BCUT2D eigenvalue weighted by Gasteiger charge is -2.11. The van der Waals surface area contributed by atoms with Gasteiger partial charge in [-0.05, 0) is 44.4 Å². The Morgan fingerprint density at radius 2 is 1.93 bits per heavy atom. The number of hydrogen-bond acceptors (Lipinski definition) is 8. The molecule has 1 amide bonds. The van der Waals surface area contributed by atoms with Crippen molar-refractivity contribution in [3.05, 3.63) is 57.5 Å². The molecule has 1 unspecified atom stereocenters. The average molecular weight is 405 g/mol. The predicted octanol–water partition coefficient (Wildman–Crippen LogP) is 2.10. The lowest BCUT2D eigenvalue weighted by molar-refractivity contribution is -0.135. The Hall–Kier alpha value is -3.20. The monoisotopic (exact) mass is 405 g/mol. The number of ether oxygens (including phenoxy) is 1. The molecule has 29 heavy (non-hydrogen) atoms. The van der Waals surface area contributed by atoms with Gasteiger partial charge in [0, 0.05) is 12.3 Å². The van der Waals surface area contributed by atoms with E-state index in [9.17, 15) is 19.2 Å². The molecular formula is C20H23NO8. The smallest absolute Gasteiger partial charge is 0.462 e. The van der Waals surface area contributed by atoms with Crippen LogP contribution in [0.4, 0.5) is 0 Å². The largest absolute Gasteiger partial charge is 0.519 e. The van der Waals surface area contributed by atoms with Gasteiger partial charge in [0.05, 0.1) is 12.2 Å². The molecule has 1 aromatic carbocycles. The molecule has 0 bridgehead atoms. The quantitative estimate of drug-likeness (QED) is 0.342. The van der Waals surface area contributed by atoms with Crippen molar-refractivity contribution in [1.29, 1.82) is 0 Å². The fourth-order valence-corrected chi connectivity index (χ4v) is 2.57. The zero-order valence-electron chi connectivity index (χ0n) is 16.3. The summed E-state index contributed by atoms with van der Waals surface area (Å²) in [5.41, 5.74) is 3.55. The summed E-state index contributed by atoms with van der Waals surface area (Å²) in [7, 11) is 0. The van der Waals surface area contributed by atoms with E-state index in [1.54, 1.807) is 38.1 Å². The van der Waals surface area contributed by atoms with E-state index >= 15 is 0 Å². The number of aldehydes is 1. The number of hydroxylamine groups is 1. The Labute approximate surface area is 166 Å². The van der Waals surface area contributed by atoms with Crippen molar-refractivity contribution in [2.24, 2.45) is 5.92 Å². The molecule has 1 atom stereocenters. The van der Waals surface area contributed by atoms with Gasteiger partial charge in [-0.25, -0.2) is 15.1 Å². The molecule has 0 spiro atoms. The highest BCUT2D eigenvalue weighted by Crippen LogP contribution is 2.14. The number of amides is 1. The van der Waals surface area contributed by atoms with Crippen LogP contribution in [0.5, 0.6) is 0 Å². The summed E-state index contributed by atoms with van der Waals surface area (Å²) < 4.78 is 14.3. The summed E-state index contributed by atoms with van der Waals surface area (Å²) in [6, 6.07) is 6.80. The van der Waals surface area contributed by atoms with Crippen LogP contribution < -0.4 is 11.3 Å². The van der Waals surface area contributed by atoms with E-state index in [1.165, 1.54) is 0 Å². The molecule has 156 valence electrons. The number of nitrogens with one attached hydrogen (secondary N) is 1. The number of carbonyl (C=O) groups excluding carboxylic acids is 3. The summed E-state index contributed by atoms with van der Waals surface area (Å²) in [6.07, 6.45) is 1.66. The number of benzene rings is 1. The normalized spacial score (nSPS) is 11.7. The zero-order valence-corrected chi connectivity index (χ0v) is 16.3. The first-order valence-electron chi connectivity index (χ1n) is 9.14. The van der Waals surface area contributed by atoms with Crippen molar-refractivity contribution in [2.75, 3.05) is 6.61 Å². The van der Waals surface area contributed by atoms with Crippen molar-refractivity contribution in [2.45, 2.75) is 39.7 Å². The van der Waals surface area contributed by atoms with Crippen LogP contribution in [0.3, 0.4) is 0 Å². The van der Waals surface area contributed by atoms with E-state index in [2.05, 4.69) is 9.90 Å². The molecule has 0 radical (unpaired) electrons.